The van der Waals surface area contributed by atoms with Gasteiger partial charge in [-0.05, 0) is 25.7 Å². The molecule has 0 amide bonds. The predicted molar refractivity (Wildman–Crippen MR) is 81.9 cm³/mol. The van der Waals surface area contributed by atoms with Crippen LogP contribution in [-0.4, -0.2) is 27.4 Å². The molecule has 0 radical (unpaired) electrons. The molecule has 4 heteroatoms. The molecule has 1 aliphatic carbocycles. The first-order valence-electron chi connectivity index (χ1n) is 7.07. The van der Waals surface area contributed by atoms with Crippen LogP contribution in [0, 0.1) is 0 Å². The summed E-state index contributed by atoms with van der Waals surface area (Å²) in [4.78, 5) is 9.50. The zero-order chi connectivity index (χ0) is 13.8. The minimum Gasteiger partial charge on any atom is -0.396 e. The third-order valence-corrected chi connectivity index (χ3v) is 4.51. The van der Waals surface area contributed by atoms with E-state index in [1.807, 2.05) is 30.3 Å². The first kappa shape index (κ1) is 13.6. The number of thioether (sulfide) groups is 1. The Labute approximate surface area is 123 Å². The van der Waals surface area contributed by atoms with Gasteiger partial charge in [-0.3, -0.25) is 0 Å². The topological polar surface area (TPSA) is 46.0 Å². The van der Waals surface area contributed by atoms with Crippen LogP contribution in [0.15, 0.2) is 35.4 Å². The average molecular weight is 286 g/mol. The van der Waals surface area contributed by atoms with E-state index < -0.39 is 0 Å². The number of hydrogen-bond donors (Lipinski definition) is 1. The Morgan fingerprint density at radius 3 is 2.65 bits per heavy atom. The maximum absolute atomic E-state index is 9.05. The molecule has 0 fully saturated rings. The summed E-state index contributed by atoms with van der Waals surface area (Å²) < 4.78 is 0. The SMILES string of the molecule is OCCSc1nc(-c2ccccc2)nc2c1CCCC2. The molecule has 0 bridgehead atoms. The van der Waals surface area contributed by atoms with Crippen molar-refractivity contribution in [2.24, 2.45) is 0 Å². The van der Waals surface area contributed by atoms with Gasteiger partial charge in [0.15, 0.2) is 5.82 Å². The van der Waals surface area contributed by atoms with Gasteiger partial charge in [0.2, 0.25) is 0 Å². The van der Waals surface area contributed by atoms with E-state index in [0.717, 1.165) is 29.3 Å². The summed E-state index contributed by atoms with van der Waals surface area (Å²) >= 11 is 1.64. The molecule has 1 aromatic carbocycles. The third-order valence-electron chi connectivity index (χ3n) is 3.51. The standard InChI is InChI=1S/C16H18N2OS/c19-10-11-20-16-13-8-4-5-9-14(13)17-15(18-16)12-6-2-1-3-7-12/h1-3,6-7,19H,4-5,8-11H2. The third kappa shape index (κ3) is 2.86. The van der Waals surface area contributed by atoms with Crippen LogP contribution in [0.5, 0.6) is 0 Å². The minimum absolute atomic E-state index is 0.185. The number of aliphatic hydroxyl groups is 1. The second kappa shape index (κ2) is 6.37. The maximum Gasteiger partial charge on any atom is 0.160 e. The van der Waals surface area contributed by atoms with Crippen LogP contribution < -0.4 is 0 Å². The van der Waals surface area contributed by atoms with E-state index in [4.69, 9.17) is 15.1 Å². The normalized spacial score (nSPS) is 14.1. The van der Waals surface area contributed by atoms with Gasteiger partial charge < -0.3 is 5.11 Å². The predicted octanol–water partition coefficient (Wildman–Crippen LogP) is 3.11. The highest BCUT2D eigenvalue weighted by Gasteiger charge is 2.18. The summed E-state index contributed by atoms with van der Waals surface area (Å²) in [6.07, 6.45) is 4.54. The number of aromatic nitrogens is 2. The van der Waals surface area contributed by atoms with Gasteiger partial charge in [0, 0.05) is 22.6 Å². The Kier molecular flexibility index (Phi) is 4.33. The molecule has 0 unspecified atom stereocenters. The summed E-state index contributed by atoms with van der Waals surface area (Å²) in [6.45, 7) is 0.185. The van der Waals surface area contributed by atoms with E-state index in [1.54, 1.807) is 11.8 Å². The summed E-state index contributed by atoms with van der Waals surface area (Å²) in [7, 11) is 0. The molecule has 0 saturated heterocycles. The highest BCUT2D eigenvalue weighted by molar-refractivity contribution is 7.99. The maximum atomic E-state index is 9.05. The summed E-state index contributed by atoms with van der Waals surface area (Å²) in [6, 6.07) is 10.1. The number of rotatable bonds is 4. The monoisotopic (exact) mass is 286 g/mol. The largest absolute Gasteiger partial charge is 0.396 e. The van der Waals surface area contributed by atoms with Crippen LogP contribution in [0.25, 0.3) is 11.4 Å². The van der Waals surface area contributed by atoms with Crippen molar-refractivity contribution in [2.45, 2.75) is 30.7 Å². The smallest absolute Gasteiger partial charge is 0.160 e. The van der Waals surface area contributed by atoms with Gasteiger partial charge in [-0.2, -0.15) is 0 Å². The zero-order valence-corrected chi connectivity index (χ0v) is 12.2. The molecule has 0 aliphatic heterocycles. The first-order valence-corrected chi connectivity index (χ1v) is 8.06. The lowest BCUT2D eigenvalue weighted by Gasteiger charge is -2.18. The van der Waals surface area contributed by atoms with Gasteiger partial charge in [0.05, 0.1) is 6.61 Å². The fourth-order valence-electron chi connectivity index (χ4n) is 2.54. The first-order chi connectivity index (χ1) is 9.88. The van der Waals surface area contributed by atoms with Crippen LogP contribution in [0.2, 0.25) is 0 Å². The Bertz CT molecular complexity index is 587. The molecule has 0 saturated carbocycles. The van der Waals surface area contributed by atoms with Gasteiger partial charge in [0.1, 0.15) is 5.03 Å². The number of benzene rings is 1. The van der Waals surface area contributed by atoms with Crippen LogP contribution in [0.1, 0.15) is 24.1 Å². The van der Waals surface area contributed by atoms with Gasteiger partial charge in [0.25, 0.3) is 0 Å². The Morgan fingerprint density at radius 1 is 1.05 bits per heavy atom. The Morgan fingerprint density at radius 2 is 1.85 bits per heavy atom. The molecule has 20 heavy (non-hydrogen) atoms. The molecule has 1 aliphatic rings. The Balaban J connectivity index is 2.03. The summed E-state index contributed by atoms with van der Waals surface area (Å²) in [5.74, 6) is 1.50. The van der Waals surface area contributed by atoms with Crippen molar-refractivity contribution in [3.05, 3.63) is 41.6 Å². The van der Waals surface area contributed by atoms with Crippen LogP contribution >= 0.6 is 11.8 Å². The zero-order valence-electron chi connectivity index (χ0n) is 11.4. The second-order valence-electron chi connectivity index (χ2n) is 4.92. The molecule has 0 spiro atoms. The molecule has 104 valence electrons. The van der Waals surface area contributed by atoms with Crippen molar-refractivity contribution in [2.75, 3.05) is 12.4 Å². The molecular weight excluding hydrogens is 268 g/mol. The van der Waals surface area contributed by atoms with E-state index in [9.17, 15) is 0 Å². The minimum atomic E-state index is 0.185. The van der Waals surface area contributed by atoms with Gasteiger partial charge in [-0.1, -0.05) is 30.3 Å². The molecule has 1 heterocycles. The lowest BCUT2D eigenvalue weighted by Crippen LogP contribution is -2.10. The molecule has 1 N–H and O–H groups in total. The van der Waals surface area contributed by atoms with E-state index >= 15 is 0 Å². The lowest BCUT2D eigenvalue weighted by molar-refractivity contribution is 0.322. The number of hydrogen-bond acceptors (Lipinski definition) is 4. The molecule has 2 aromatic rings. The quantitative estimate of drug-likeness (QED) is 0.693. The molecular formula is C16H18N2OS. The number of aliphatic hydroxyl groups excluding tert-OH is 1. The molecule has 3 nitrogen and oxygen atoms in total. The van der Waals surface area contributed by atoms with Crippen molar-refractivity contribution >= 4 is 11.8 Å². The van der Waals surface area contributed by atoms with Gasteiger partial charge >= 0.3 is 0 Å². The average Bonchev–Trinajstić information content (AvgIpc) is 2.53. The molecule has 1 aromatic heterocycles. The van der Waals surface area contributed by atoms with Crippen molar-refractivity contribution in [1.29, 1.82) is 0 Å². The number of fused-ring (bicyclic) bond motifs is 1. The van der Waals surface area contributed by atoms with Gasteiger partial charge in [-0.15, -0.1) is 11.8 Å². The van der Waals surface area contributed by atoms with Crippen LogP contribution in [0.4, 0.5) is 0 Å². The van der Waals surface area contributed by atoms with E-state index in [-0.39, 0.29) is 6.61 Å². The van der Waals surface area contributed by atoms with E-state index in [1.165, 1.54) is 24.1 Å². The van der Waals surface area contributed by atoms with E-state index in [2.05, 4.69) is 0 Å². The van der Waals surface area contributed by atoms with Crippen molar-refractivity contribution < 1.29 is 5.11 Å². The molecule has 0 atom stereocenters. The summed E-state index contributed by atoms with van der Waals surface area (Å²) in [5, 5.41) is 10.1. The van der Waals surface area contributed by atoms with Crippen molar-refractivity contribution in [1.82, 2.24) is 9.97 Å². The number of aryl methyl sites for hydroxylation is 1. The van der Waals surface area contributed by atoms with E-state index in [0.29, 0.717) is 5.75 Å². The molecule has 3 rings (SSSR count). The fraction of sp³-hybridized carbons (Fsp3) is 0.375. The highest BCUT2D eigenvalue weighted by atomic mass is 32.2. The highest BCUT2D eigenvalue weighted by Crippen LogP contribution is 2.30. The second-order valence-corrected chi connectivity index (χ2v) is 6.01. The lowest BCUT2D eigenvalue weighted by atomic mass is 9.97. The van der Waals surface area contributed by atoms with Crippen molar-refractivity contribution in [3.8, 4) is 11.4 Å². The number of nitrogens with zero attached hydrogens (tertiary/aromatic N) is 2. The van der Waals surface area contributed by atoms with Crippen molar-refractivity contribution in [3.63, 3.8) is 0 Å². The van der Waals surface area contributed by atoms with Crippen LogP contribution in [0.3, 0.4) is 0 Å². The van der Waals surface area contributed by atoms with Crippen LogP contribution in [-0.2, 0) is 12.8 Å². The Hall–Kier alpha value is -1.39. The fourth-order valence-corrected chi connectivity index (χ4v) is 3.37. The van der Waals surface area contributed by atoms with Gasteiger partial charge in [-0.25, -0.2) is 9.97 Å². The summed E-state index contributed by atoms with van der Waals surface area (Å²) in [5.41, 5.74) is 3.56.